The Morgan fingerprint density at radius 1 is 1.58 bits per heavy atom. The molecule has 0 aromatic heterocycles. The Kier molecular flexibility index (Phi) is 1.67. The van der Waals surface area contributed by atoms with Crippen LogP contribution in [0.25, 0.3) is 0 Å². The maximum atomic E-state index is 11.3. The zero-order valence-corrected chi connectivity index (χ0v) is 7.25. The van der Waals surface area contributed by atoms with Crippen LogP contribution in [0, 0.1) is 11.3 Å². The van der Waals surface area contributed by atoms with E-state index in [4.69, 9.17) is 0 Å². The van der Waals surface area contributed by atoms with Crippen molar-refractivity contribution in [2.75, 3.05) is 0 Å². The van der Waals surface area contributed by atoms with Crippen molar-refractivity contribution >= 4 is 5.78 Å². The average Bonchev–Trinajstić information content (AvgIpc) is 2.41. The number of carbonyl (C=O) groups is 1. The molecule has 1 fully saturated rings. The number of rotatable bonds is 1. The van der Waals surface area contributed by atoms with Crippen LogP contribution in [-0.2, 0) is 4.79 Å². The van der Waals surface area contributed by atoms with E-state index in [1.165, 1.54) is 0 Å². The van der Waals surface area contributed by atoms with Gasteiger partial charge in [0.1, 0.15) is 5.78 Å². The lowest BCUT2D eigenvalue weighted by molar-refractivity contribution is -0.117. The van der Waals surface area contributed by atoms with Crippen LogP contribution < -0.4 is 0 Å². The summed E-state index contributed by atoms with van der Waals surface area (Å²) >= 11 is 0. The van der Waals surface area contributed by atoms with Crippen molar-refractivity contribution in [2.24, 2.45) is 11.3 Å². The van der Waals surface area contributed by atoms with Crippen molar-refractivity contribution in [3.05, 3.63) is 24.8 Å². The second-order valence-electron chi connectivity index (χ2n) is 3.97. The third kappa shape index (κ3) is 0.961. The largest absolute Gasteiger partial charge is 0.300 e. The SMILES string of the molecule is C=C[C@]12CC=CC[C@H]1CC(=O)C2. The minimum Gasteiger partial charge on any atom is -0.300 e. The van der Waals surface area contributed by atoms with Gasteiger partial charge in [0.25, 0.3) is 0 Å². The molecule has 64 valence electrons. The zero-order valence-electron chi connectivity index (χ0n) is 7.25. The topological polar surface area (TPSA) is 17.1 Å². The van der Waals surface area contributed by atoms with Crippen LogP contribution in [0.1, 0.15) is 25.7 Å². The van der Waals surface area contributed by atoms with Gasteiger partial charge in [-0.3, -0.25) is 4.79 Å². The van der Waals surface area contributed by atoms with E-state index in [-0.39, 0.29) is 5.41 Å². The molecule has 0 radical (unpaired) electrons. The molecule has 0 N–H and O–H groups in total. The minimum atomic E-state index is 0.131. The number of carbonyl (C=O) groups excluding carboxylic acids is 1. The maximum Gasteiger partial charge on any atom is 0.134 e. The van der Waals surface area contributed by atoms with E-state index in [1.807, 2.05) is 6.08 Å². The molecule has 1 saturated carbocycles. The lowest BCUT2D eigenvalue weighted by Gasteiger charge is -2.32. The smallest absolute Gasteiger partial charge is 0.134 e. The highest BCUT2D eigenvalue weighted by Crippen LogP contribution is 2.49. The minimum absolute atomic E-state index is 0.131. The molecule has 0 spiro atoms. The van der Waals surface area contributed by atoms with Gasteiger partial charge < -0.3 is 0 Å². The van der Waals surface area contributed by atoms with Crippen LogP contribution in [0.2, 0.25) is 0 Å². The maximum absolute atomic E-state index is 11.3. The highest BCUT2D eigenvalue weighted by atomic mass is 16.1. The van der Waals surface area contributed by atoms with Crippen LogP contribution in [0.3, 0.4) is 0 Å². The summed E-state index contributed by atoms with van der Waals surface area (Å²) in [7, 11) is 0. The van der Waals surface area contributed by atoms with Gasteiger partial charge in [-0.15, -0.1) is 6.58 Å². The predicted octanol–water partition coefficient (Wildman–Crippen LogP) is 2.49. The number of allylic oxidation sites excluding steroid dienone is 3. The standard InChI is InChI=1S/C11H14O/c1-2-11-6-4-3-5-9(11)7-10(12)8-11/h2-4,9H,1,5-8H2/t9-,11+/m0/s1. The van der Waals surface area contributed by atoms with Crippen molar-refractivity contribution in [3.63, 3.8) is 0 Å². The van der Waals surface area contributed by atoms with E-state index < -0.39 is 0 Å². The lowest BCUT2D eigenvalue weighted by atomic mass is 9.71. The van der Waals surface area contributed by atoms with Crippen molar-refractivity contribution in [1.29, 1.82) is 0 Å². The van der Waals surface area contributed by atoms with Gasteiger partial charge in [0.05, 0.1) is 0 Å². The van der Waals surface area contributed by atoms with E-state index in [0.717, 1.165) is 25.7 Å². The molecule has 2 atom stereocenters. The summed E-state index contributed by atoms with van der Waals surface area (Å²) in [4.78, 5) is 11.3. The Labute approximate surface area is 73.2 Å². The Bertz CT molecular complexity index is 252. The van der Waals surface area contributed by atoms with Crippen LogP contribution in [0.4, 0.5) is 0 Å². The quantitative estimate of drug-likeness (QED) is 0.541. The molecule has 0 bridgehead atoms. The first-order valence-corrected chi connectivity index (χ1v) is 4.57. The van der Waals surface area contributed by atoms with Gasteiger partial charge >= 0.3 is 0 Å². The van der Waals surface area contributed by atoms with Crippen LogP contribution in [0.5, 0.6) is 0 Å². The van der Waals surface area contributed by atoms with Gasteiger partial charge in [-0.05, 0) is 18.8 Å². The first kappa shape index (κ1) is 7.78. The first-order valence-electron chi connectivity index (χ1n) is 4.57. The molecule has 0 aromatic rings. The monoisotopic (exact) mass is 162 g/mol. The van der Waals surface area contributed by atoms with Crippen LogP contribution in [0.15, 0.2) is 24.8 Å². The summed E-state index contributed by atoms with van der Waals surface area (Å²) in [5, 5.41) is 0. The van der Waals surface area contributed by atoms with Gasteiger partial charge in [-0.25, -0.2) is 0 Å². The van der Waals surface area contributed by atoms with Crippen molar-refractivity contribution < 1.29 is 4.79 Å². The third-order valence-corrected chi connectivity index (χ3v) is 3.31. The summed E-state index contributed by atoms with van der Waals surface area (Å²) in [5.74, 6) is 0.969. The number of hydrogen-bond donors (Lipinski definition) is 0. The number of hydrogen-bond acceptors (Lipinski definition) is 1. The molecule has 2 aliphatic rings. The second kappa shape index (κ2) is 2.58. The van der Waals surface area contributed by atoms with Gasteiger partial charge in [0.2, 0.25) is 0 Å². The van der Waals surface area contributed by atoms with Gasteiger partial charge in [-0.2, -0.15) is 0 Å². The van der Waals surface area contributed by atoms with Crippen molar-refractivity contribution in [3.8, 4) is 0 Å². The molecule has 0 heterocycles. The molecule has 0 aromatic carbocycles. The van der Waals surface area contributed by atoms with E-state index in [0.29, 0.717) is 11.7 Å². The molecule has 0 aliphatic heterocycles. The Balaban J connectivity index is 2.31. The third-order valence-electron chi connectivity index (χ3n) is 3.31. The molecule has 1 nitrogen and oxygen atoms in total. The Morgan fingerprint density at radius 2 is 2.42 bits per heavy atom. The predicted molar refractivity (Wildman–Crippen MR) is 48.7 cm³/mol. The molecule has 0 unspecified atom stereocenters. The molecule has 0 saturated heterocycles. The fourth-order valence-electron chi connectivity index (χ4n) is 2.50. The Hall–Kier alpha value is -0.850. The summed E-state index contributed by atoms with van der Waals surface area (Å²) in [6.07, 6.45) is 9.99. The number of ketones is 1. The fourth-order valence-corrected chi connectivity index (χ4v) is 2.50. The van der Waals surface area contributed by atoms with Crippen molar-refractivity contribution in [1.82, 2.24) is 0 Å². The van der Waals surface area contributed by atoms with E-state index in [9.17, 15) is 4.79 Å². The van der Waals surface area contributed by atoms with Crippen LogP contribution >= 0.6 is 0 Å². The molecule has 12 heavy (non-hydrogen) atoms. The summed E-state index contributed by atoms with van der Waals surface area (Å²) < 4.78 is 0. The first-order chi connectivity index (χ1) is 5.77. The van der Waals surface area contributed by atoms with E-state index in [1.54, 1.807) is 0 Å². The normalized spacial score (nSPS) is 39.7. The molecule has 2 aliphatic carbocycles. The molecular weight excluding hydrogens is 148 g/mol. The fraction of sp³-hybridized carbons (Fsp3) is 0.545. The van der Waals surface area contributed by atoms with Crippen molar-refractivity contribution in [2.45, 2.75) is 25.7 Å². The molecule has 0 amide bonds. The van der Waals surface area contributed by atoms with Gasteiger partial charge in [0.15, 0.2) is 0 Å². The summed E-state index contributed by atoms with van der Waals surface area (Å²) in [5.41, 5.74) is 0.131. The number of Topliss-reactive ketones (excluding diaryl/α,β-unsaturated/α-hetero) is 1. The summed E-state index contributed by atoms with van der Waals surface area (Å²) in [6, 6.07) is 0. The Morgan fingerprint density at radius 3 is 3.08 bits per heavy atom. The van der Waals surface area contributed by atoms with Gasteiger partial charge in [0, 0.05) is 18.3 Å². The molecule has 1 heteroatoms. The average molecular weight is 162 g/mol. The van der Waals surface area contributed by atoms with E-state index >= 15 is 0 Å². The van der Waals surface area contributed by atoms with E-state index in [2.05, 4.69) is 18.7 Å². The number of fused-ring (bicyclic) bond motifs is 1. The lowest BCUT2D eigenvalue weighted by Crippen LogP contribution is -2.24. The second-order valence-corrected chi connectivity index (χ2v) is 3.97. The van der Waals surface area contributed by atoms with Gasteiger partial charge in [-0.1, -0.05) is 18.2 Å². The van der Waals surface area contributed by atoms with Crippen LogP contribution in [-0.4, -0.2) is 5.78 Å². The molecule has 2 rings (SSSR count). The zero-order chi connectivity index (χ0) is 8.60. The summed E-state index contributed by atoms with van der Waals surface area (Å²) in [6.45, 7) is 3.87. The molecular formula is C11H14O. The highest BCUT2D eigenvalue weighted by molar-refractivity contribution is 5.82. The highest BCUT2D eigenvalue weighted by Gasteiger charge is 2.44.